The first-order valence-electron chi connectivity index (χ1n) is 9.33. The molecule has 0 spiro atoms. The van der Waals surface area contributed by atoms with E-state index in [0.717, 1.165) is 28.8 Å². The summed E-state index contributed by atoms with van der Waals surface area (Å²) in [6, 6.07) is 11.4. The van der Waals surface area contributed by atoms with E-state index in [-0.39, 0.29) is 5.76 Å². The predicted molar refractivity (Wildman–Crippen MR) is 114 cm³/mol. The average molecular weight is 407 g/mol. The molecule has 0 radical (unpaired) electrons. The third kappa shape index (κ3) is 3.86. The maximum absolute atomic E-state index is 11.9. The summed E-state index contributed by atoms with van der Waals surface area (Å²) < 4.78 is 10.7. The highest BCUT2D eigenvalue weighted by molar-refractivity contribution is 7.10. The monoisotopic (exact) mass is 407 g/mol. The summed E-state index contributed by atoms with van der Waals surface area (Å²) >= 11 is 1.74. The Balaban J connectivity index is 1.69. The van der Waals surface area contributed by atoms with E-state index in [2.05, 4.69) is 33.2 Å². The van der Waals surface area contributed by atoms with Gasteiger partial charge in [0.15, 0.2) is 0 Å². The number of hydrogen-bond donors (Lipinski definition) is 0. The number of carbonyl (C=O) groups excluding carboxylic acids is 1. The van der Waals surface area contributed by atoms with Gasteiger partial charge < -0.3 is 14.1 Å². The molecular formula is C22H21N3O3S. The second-order valence-corrected chi connectivity index (χ2v) is 7.70. The standard InChI is InChI=1S/C22H21N3O3S/c1-4-27-22(26)19-8-7-18(28-19)15-5-6-17-16(11-15)21(24-13-23-17)25(3)12-20-14(2)9-10-29-20/h5-11,13H,4,12H2,1-3H3. The van der Waals surface area contributed by atoms with Crippen LogP contribution in [0.5, 0.6) is 0 Å². The molecule has 0 aliphatic carbocycles. The molecule has 148 valence electrons. The summed E-state index contributed by atoms with van der Waals surface area (Å²) in [5, 5.41) is 3.03. The highest BCUT2D eigenvalue weighted by Crippen LogP contribution is 2.30. The van der Waals surface area contributed by atoms with E-state index in [1.807, 2.05) is 25.2 Å². The summed E-state index contributed by atoms with van der Waals surface area (Å²) in [6.07, 6.45) is 1.58. The number of aryl methyl sites for hydroxylation is 1. The number of furan rings is 1. The Labute approximate surface area is 172 Å². The van der Waals surface area contributed by atoms with E-state index >= 15 is 0 Å². The van der Waals surface area contributed by atoms with Crippen LogP contribution in [0.1, 0.15) is 27.9 Å². The predicted octanol–water partition coefficient (Wildman–Crippen LogP) is 5.07. The maximum atomic E-state index is 11.9. The molecule has 0 saturated carbocycles. The highest BCUT2D eigenvalue weighted by Gasteiger charge is 2.15. The van der Waals surface area contributed by atoms with Crippen LogP contribution in [0.2, 0.25) is 0 Å². The second-order valence-electron chi connectivity index (χ2n) is 6.70. The topological polar surface area (TPSA) is 68.5 Å². The molecule has 7 heteroatoms. The number of ether oxygens (including phenoxy) is 1. The van der Waals surface area contributed by atoms with Crippen LogP contribution in [0, 0.1) is 6.92 Å². The van der Waals surface area contributed by atoms with Crippen LogP contribution in [0.4, 0.5) is 5.82 Å². The largest absolute Gasteiger partial charge is 0.460 e. The molecule has 0 fully saturated rings. The van der Waals surface area contributed by atoms with Gasteiger partial charge in [-0.1, -0.05) is 0 Å². The van der Waals surface area contributed by atoms with Crippen molar-refractivity contribution in [3.05, 3.63) is 64.3 Å². The van der Waals surface area contributed by atoms with Gasteiger partial charge >= 0.3 is 5.97 Å². The van der Waals surface area contributed by atoms with Crippen molar-refractivity contribution in [2.24, 2.45) is 0 Å². The number of nitrogens with zero attached hydrogens (tertiary/aromatic N) is 3. The van der Waals surface area contributed by atoms with Gasteiger partial charge in [-0.25, -0.2) is 14.8 Å². The van der Waals surface area contributed by atoms with E-state index in [9.17, 15) is 4.79 Å². The number of carbonyl (C=O) groups is 1. The molecule has 0 aliphatic rings. The Bertz CT molecular complexity index is 1170. The average Bonchev–Trinajstić information content (AvgIpc) is 3.37. The van der Waals surface area contributed by atoms with E-state index in [4.69, 9.17) is 9.15 Å². The Hall–Kier alpha value is -3.19. The van der Waals surface area contributed by atoms with Gasteiger partial charge in [0, 0.05) is 22.9 Å². The zero-order valence-corrected chi connectivity index (χ0v) is 17.3. The molecule has 0 N–H and O–H groups in total. The number of fused-ring (bicyclic) bond motifs is 1. The maximum Gasteiger partial charge on any atom is 0.374 e. The molecule has 4 rings (SSSR count). The van der Waals surface area contributed by atoms with Gasteiger partial charge in [-0.15, -0.1) is 11.3 Å². The van der Waals surface area contributed by atoms with Crippen LogP contribution in [-0.4, -0.2) is 29.6 Å². The van der Waals surface area contributed by atoms with Crippen molar-refractivity contribution in [2.45, 2.75) is 20.4 Å². The van der Waals surface area contributed by atoms with Crippen LogP contribution in [-0.2, 0) is 11.3 Å². The molecule has 29 heavy (non-hydrogen) atoms. The van der Waals surface area contributed by atoms with Crippen LogP contribution in [0.25, 0.3) is 22.2 Å². The molecule has 0 unspecified atom stereocenters. The molecule has 0 amide bonds. The first-order chi connectivity index (χ1) is 14.1. The minimum absolute atomic E-state index is 0.191. The van der Waals surface area contributed by atoms with Gasteiger partial charge in [0.2, 0.25) is 5.76 Å². The van der Waals surface area contributed by atoms with E-state index in [0.29, 0.717) is 12.4 Å². The van der Waals surface area contributed by atoms with Crippen molar-refractivity contribution in [1.82, 2.24) is 9.97 Å². The molecule has 1 aromatic carbocycles. The van der Waals surface area contributed by atoms with Crippen LogP contribution in [0.15, 0.2) is 52.5 Å². The molecule has 3 heterocycles. The SMILES string of the molecule is CCOC(=O)c1ccc(-c2ccc3ncnc(N(C)Cc4sccc4C)c3c2)o1. The van der Waals surface area contributed by atoms with Crippen molar-refractivity contribution in [1.29, 1.82) is 0 Å². The number of anilines is 1. The van der Waals surface area contributed by atoms with Gasteiger partial charge in [0.25, 0.3) is 0 Å². The van der Waals surface area contributed by atoms with Crippen molar-refractivity contribution < 1.29 is 13.9 Å². The number of rotatable bonds is 6. The lowest BCUT2D eigenvalue weighted by atomic mass is 10.1. The van der Waals surface area contributed by atoms with E-state index in [1.165, 1.54) is 10.4 Å². The first-order valence-corrected chi connectivity index (χ1v) is 10.2. The Morgan fingerprint density at radius 1 is 1.21 bits per heavy atom. The number of benzene rings is 1. The summed E-state index contributed by atoms with van der Waals surface area (Å²) in [4.78, 5) is 24.2. The Kier molecular flexibility index (Phi) is 5.31. The quantitative estimate of drug-likeness (QED) is 0.416. The fourth-order valence-corrected chi connectivity index (χ4v) is 4.12. The molecule has 0 aliphatic heterocycles. The zero-order chi connectivity index (χ0) is 20.4. The molecule has 3 aromatic heterocycles. The van der Waals surface area contributed by atoms with Crippen molar-refractivity contribution in [3.63, 3.8) is 0 Å². The Morgan fingerprint density at radius 3 is 2.83 bits per heavy atom. The summed E-state index contributed by atoms with van der Waals surface area (Å²) in [5.74, 6) is 1.18. The fraction of sp³-hybridized carbons (Fsp3) is 0.227. The number of thiophene rings is 1. The highest BCUT2D eigenvalue weighted by atomic mass is 32.1. The number of hydrogen-bond acceptors (Lipinski definition) is 7. The van der Waals surface area contributed by atoms with Crippen molar-refractivity contribution in [3.8, 4) is 11.3 Å². The van der Waals surface area contributed by atoms with Crippen molar-refractivity contribution >= 4 is 34.0 Å². The number of aromatic nitrogens is 2. The molecule has 0 atom stereocenters. The lowest BCUT2D eigenvalue weighted by molar-refractivity contribution is 0.0491. The van der Waals surface area contributed by atoms with Gasteiger partial charge in [-0.2, -0.15) is 0 Å². The zero-order valence-electron chi connectivity index (χ0n) is 16.5. The van der Waals surface area contributed by atoms with Gasteiger partial charge in [-0.3, -0.25) is 0 Å². The first kappa shape index (κ1) is 19.1. The van der Waals surface area contributed by atoms with Crippen LogP contribution < -0.4 is 4.90 Å². The lowest BCUT2D eigenvalue weighted by Crippen LogP contribution is -2.18. The lowest BCUT2D eigenvalue weighted by Gasteiger charge is -2.19. The molecule has 0 bridgehead atoms. The van der Waals surface area contributed by atoms with E-state index < -0.39 is 5.97 Å². The minimum atomic E-state index is -0.463. The van der Waals surface area contributed by atoms with Gasteiger partial charge in [0.1, 0.15) is 17.9 Å². The Morgan fingerprint density at radius 2 is 2.07 bits per heavy atom. The molecule has 6 nitrogen and oxygen atoms in total. The van der Waals surface area contributed by atoms with Gasteiger partial charge in [-0.05, 0) is 61.2 Å². The molecule has 4 aromatic rings. The summed E-state index contributed by atoms with van der Waals surface area (Å²) in [5.41, 5.74) is 2.98. The normalized spacial score (nSPS) is 11.0. The third-order valence-corrected chi connectivity index (χ3v) is 5.70. The van der Waals surface area contributed by atoms with Crippen LogP contribution in [0.3, 0.4) is 0 Å². The molecule has 0 saturated heterocycles. The fourth-order valence-electron chi connectivity index (χ4n) is 3.16. The van der Waals surface area contributed by atoms with Gasteiger partial charge in [0.05, 0.1) is 18.7 Å². The second kappa shape index (κ2) is 8.05. The smallest absolute Gasteiger partial charge is 0.374 e. The van der Waals surface area contributed by atoms with Crippen molar-refractivity contribution in [2.75, 3.05) is 18.6 Å². The van der Waals surface area contributed by atoms with Crippen LogP contribution >= 0.6 is 11.3 Å². The van der Waals surface area contributed by atoms with E-state index in [1.54, 1.807) is 36.7 Å². The summed E-state index contributed by atoms with van der Waals surface area (Å²) in [6.45, 7) is 4.96. The number of esters is 1. The summed E-state index contributed by atoms with van der Waals surface area (Å²) in [7, 11) is 2.03. The third-order valence-electron chi connectivity index (χ3n) is 4.69. The minimum Gasteiger partial charge on any atom is -0.460 e. The molecular weight excluding hydrogens is 386 g/mol.